The van der Waals surface area contributed by atoms with E-state index in [-0.39, 0.29) is 33.0 Å². The Morgan fingerprint density at radius 3 is 1.93 bits per heavy atom. The molecule has 0 spiro atoms. The molecule has 0 unspecified atom stereocenters. The summed E-state index contributed by atoms with van der Waals surface area (Å²) >= 11 is 0. The first-order valence-electron chi connectivity index (χ1n) is 14.6. The maximum Gasteiger partial charge on any atom is 0.339 e. The van der Waals surface area contributed by atoms with E-state index >= 15 is 0 Å². The van der Waals surface area contributed by atoms with Crippen LogP contribution in [0.25, 0.3) is 0 Å². The highest BCUT2D eigenvalue weighted by Gasteiger charge is 2.49. The second kappa shape index (κ2) is 11.1. The molecule has 0 radical (unpaired) electrons. The van der Waals surface area contributed by atoms with Crippen LogP contribution in [-0.2, 0) is 24.4 Å². The largest absolute Gasteiger partial charge is 0.385 e. The number of carbonyl (C=O) groups excluding carboxylic acids is 2. The van der Waals surface area contributed by atoms with E-state index in [9.17, 15) is 18.0 Å². The van der Waals surface area contributed by atoms with Crippen molar-refractivity contribution in [1.82, 2.24) is 4.90 Å². The molecule has 0 bridgehead atoms. The van der Waals surface area contributed by atoms with Crippen LogP contribution >= 0.6 is 0 Å². The first kappa shape index (κ1) is 30.2. The maximum atomic E-state index is 14.1. The SMILES string of the molecule is COCCCN1C2=C(C(=O)CC(C)(C)C2)C(c2ccccc2OS(=O)(=O)c2ccc(C)cc2)C2=C1CC(C)(C)CC2=O. The van der Waals surface area contributed by atoms with Crippen molar-refractivity contribution in [1.29, 1.82) is 0 Å². The molecule has 0 fully saturated rings. The first-order valence-corrected chi connectivity index (χ1v) is 16.0. The number of allylic oxidation sites excluding steroid dienone is 4. The molecule has 3 aliphatic rings. The van der Waals surface area contributed by atoms with Gasteiger partial charge in [-0.1, -0.05) is 63.6 Å². The number of hydrogen-bond donors (Lipinski definition) is 0. The average molecular weight is 592 g/mol. The van der Waals surface area contributed by atoms with Crippen LogP contribution in [0.3, 0.4) is 0 Å². The third-order valence-electron chi connectivity index (χ3n) is 8.49. The Morgan fingerprint density at radius 1 is 0.833 bits per heavy atom. The lowest BCUT2D eigenvalue weighted by Crippen LogP contribution is -2.45. The van der Waals surface area contributed by atoms with Crippen LogP contribution in [0, 0.1) is 17.8 Å². The molecule has 5 rings (SSSR count). The standard InChI is InChI=1S/C34H41NO6S/c1-22-12-14-23(15-13-22)42(38,39)41-29-11-8-7-10-24(29)30-31-25(18-33(2,3)20-27(31)36)35(16-9-17-40-6)26-19-34(4,5)21-28(37)32(26)30/h7-8,10-15,30H,9,16-21H2,1-6H3. The first-order chi connectivity index (χ1) is 19.7. The van der Waals surface area contributed by atoms with E-state index in [1.54, 1.807) is 43.5 Å². The number of rotatable bonds is 8. The number of aryl methyl sites for hydroxylation is 1. The summed E-state index contributed by atoms with van der Waals surface area (Å²) in [6, 6.07) is 13.4. The van der Waals surface area contributed by atoms with Gasteiger partial charge in [0.05, 0.1) is 0 Å². The van der Waals surface area contributed by atoms with Gasteiger partial charge >= 0.3 is 10.1 Å². The molecule has 2 aliphatic carbocycles. The van der Waals surface area contributed by atoms with Crippen LogP contribution in [0.4, 0.5) is 0 Å². The van der Waals surface area contributed by atoms with Gasteiger partial charge < -0.3 is 13.8 Å². The molecule has 0 N–H and O–H groups in total. The second-order valence-corrected chi connectivity index (χ2v) is 15.0. The molecule has 7 nitrogen and oxygen atoms in total. The molecule has 1 aliphatic heterocycles. The van der Waals surface area contributed by atoms with E-state index in [0.717, 1.165) is 23.4 Å². The van der Waals surface area contributed by atoms with E-state index in [2.05, 4.69) is 32.6 Å². The van der Waals surface area contributed by atoms with Crippen LogP contribution in [0.15, 0.2) is 76.0 Å². The lowest BCUT2D eigenvalue weighted by atomic mass is 9.63. The van der Waals surface area contributed by atoms with Gasteiger partial charge in [-0.25, -0.2) is 0 Å². The summed E-state index contributed by atoms with van der Waals surface area (Å²) in [5.41, 5.74) is 3.97. The summed E-state index contributed by atoms with van der Waals surface area (Å²) in [7, 11) is -2.50. The molecule has 0 aromatic heterocycles. The smallest absolute Gasteiger partial charge is 0.339 e. The number of para-hydroxylation sites is 1. The van der Waals surface area contributed by atoms with Crippen molar-refractivity contribution < 1.29 is 26.9 Å². The highest BCUT2D eigenvalue weighted by atomic mass is 32.2. The minimum absolute atomic E-state index is 0.0108. The quantitative estimate of drug-likeness (QED) is 0.256. The van der Waals surface area contributed by atoms with E-state index in [0.29, 0.717) is 55.5 Å². The molecule has 8 heteroatoms. The summed E-state index contributed by atoms with van der Waals surface area (Å²) in [6.45, 7) is 11.5. The third-order valence-corrected chi connectivity index (χ3v) is 9.74. The molecule has 0 atom stereocenters. The fourth-order valence-electron chi connectivity index (χ4n) is 6.66. The number of hydrogen-bond acceptors (Lipinski definition) is 7. The lowest BCUT2D eigenvalue weighted by Gasteiger charge is -2.49. The van der Waals surface area contributed by atoms with Gasteiger partial charge in [-0.15, -0.1) is 0 Å². The Balaban J connectivity index is 1.71. The van der Waals surface area contributed by atoms with Gasteiger partial charge in [-0.2, -0.15) is 8.42 Å². The number of carbonyl (C=O) groups is 2. The van der Waals surface area contributed by atoms with Crippen LogP contribution in [0.2, 0.25) is 0 Å². The highest BCUT2D eigenvalue weighted by Crippen LogP contribution is 2.55. The van der Waals surface area contributed by atoms with Gasteiger partial charge in [0.2, 0.25) is 0 Å². The van der Waals surface area contributed by atoms with Crippen molar-refractivity contribution in [2.75, 3.05) is 20.3 Å². The van der Waals surface area contributed by atoms with Crippen molar-refractivity contribution in [3.8, 4) is 5.75 Å². The Kier molecular flexibility index (Phi) is 8.00. The summed E-state index contributed by atoms with van der Waals surface area (Å²) in [6.07, 6.45) is 2.79. The minimum atomic E-state index is -4.17. The summed E-state index contributed by atoms with van der Waals surface area (Å²) in [5, 5.41) is 0. The van der Waals surface area contributed by atoms with Crippen molar-refractivity contribution in [2.24, 2.45) is 10.8 Å². The minimum Gasteiger partial charge on any atom is -0.385 e. The molecule has 1 heterocycles. The normalized spacial score (nSPS) is 20.5. The van der Waals surface area contributed by atoms with E-state index < -0.39 is 16.0 Å². The number of nitrogens with zero attached hydrogens (tertiary/aromatic N) is 1. The van der Waals surface area contributed by atoms with Crippen LogP contribution in [-0.4, -0.2) is 45.1 Å². The molecule has 0 saturated carbocycles. The van der Waals surface area contributed by atoms with Crippen molar-refractivity contribution in [2.45, 2.75) is 77.5 Å². The molecule has 2 aromatic carbocycles. The number of ether oxygens (including phenoxy) is 1. The van der Waals surface area contributed by atoms with Crippen molar-refractivity contribution in [3.63, 3.8) is 0 Å². The van der Waals surface area contributed by atoms with Gasteiger partial charge in [0, 0.05) is 67.1 Å². The summed E-state index contributed by atoms with van der Waals surface area (Å²) < 4.78 is 38.0. The van der Waals surface area contributed by atoms with Crippen molar-refractivity contribution in [3.05, 3.63) is 82.2 Å². The predicted molar refractivity (Wildman–Crippen MR) is 161 cm³/mol. The monoisotopic (exact) mass is 591 g/mol. The average Bonchev–Trinajstić information content (AvgIpc) is 2.88. The Hall–Kier alpha value is -3.23. The second-order valence-electron chi connectivity index (χ2n) is 13.4. The van der Waals surface area contributed by atoms with Gasteiger partial charge in [0.25, 0.3) is 0 Å². The Bertz CT molecular complexity index is 1530. The zero-order chi connectivity index (χ0) is 30.4. The highest BCUT2D eigenvalue weighted by molar-refractivity contribution is 7.87. The molecule has 0 amide bonds. The van der Waals surface area contributed by atoms with Gasteiger partial charge in [0.1, 0.15) is 10.6 Å². The molecule has 0 saturated heterocycles. The van der Waals surface area contributed by atoms with Crippen LogP contribution < -0.4 is 4.18 Å². The van der Waals surface area contributed by atoms with E-state index in [1.165, 1.54) is 12.1 Å². The van der Waals surface area contributed by atoms with E-state index in [4.69, 9.17) is 8.92 Å². The molecule has 42 heavy (non-hydrogen) atoms. The fraction of sp³-hybridized carbons (Fsp3) is 0.471. The summed E-state index contributed by atoms with van der Waals surface area (Å²) in [5.74, 6) is -0.595. The summed E-state index contributed by atoms with van der Waals surface area (Å²) in [4.78, 5) is 30.4. The van der Waals surface area contributed by atoms with Gasteiger partial charge in [0.15, 0.2) is 11.6 Å². The van der Waals surface area contributed by atoms with E-state index in [1.807, 2.05) is 6.92 Å². The Morgan fingerprint density at radius 2 is 1.38 bits per heavy atom. The van der Waals surface area contributed by atoms with Gasteiger partial charge in [-0.3, -0.25) is 9.59 Å². The number of ketones is 2. The maximum absolute atomic E-state index is 14.1. The molecule has 2 aromatic rings. The fourth-order valence-corrected chi connectivity index (χ4v) is 7.62. The molecular formula is C34H41NO6S. The zero-order valence-corrected chi connectivity index (χ0v) is 26.3. The molecule has 224 valence electrons. The Labute approximate surface area is 249 Å². The predicted octanol–water partition coefficient (Wildman–Crippen LogP) is 6.48. The van der Waals surface area contributed by atoms with Gasteiger partial charge in [-0.05, 0) is 55.2 Å². The zero-order valence-electron chi connectivity index (χ0n) is 25.5. The molecular weight excluding hydrogens is 550 g/mol. The van der Waals surface area contributed by atoms with Crippen LogP contribution in [0.5, 0.6) is 5.75 Å². The van der Waals surface area contributed by atoms with Crippen molar-refractivity contribution >= 4 is 21.7 Å². The number of methoxy groups -OCH3 is 1. The lowest BCUT2D eigenvalue weighted by molar-refractivity contribution is -0.119. The third kappa shape index (κ3) is 5.84. The number of benzene rings is 2. The van der Waals surface area contributed by atoms with Crippen LogP contribution in [0.1, 0.15) is 76.8 Å². The number of Topliss-reactive ketones (excluding diaryl/α,β-unsaturated/α-hetero) is 2. The topological polar surface area (TPSA) is 90.0 Å².